The summed E-state index contributed by atoms with van der Waals surface area (Å²) in [5, 5.41) is 11.6. The lowest BCUT2D eigenvalue weighted by Gasteiger charge is -2.38. The molecule has 0 bridgehead atoms. The van der Waals surface area contributed by atoms with Crippen LogP contribution < -0.4 is 5.32 Å². The fourth-order valence-electron chi connectivity index (χ4n) is 2.04. The van der Waals surface area contributed by atoms with Crippen LogP contribution in [0.15, 0.2) is 24.3 Å². The summed E-state index contributed by atoms with van der Waals surface area (Å²) >= 11 is 0. The van der Waals surface area contributed by atoms with Gasteiger partial charge in [-0.25, -0.2) is 9.59 Å². The van der Waals surface area contributed by atoms with Gasteiger partial charge in [0.15, 0.2) is 0 Å². The highest BCUT2D eigenvalue weighted by atomic mass is 16.6. The Hall–Kier alpha value is -2.04. The largest absolute Gasteiger partial charge is 0.478 e. The van der Waals surface area contributed by atoms with Gasteiger partial charge in [-0.05, 0) is 17.7 Å². The molecule has 1 aliphatic rings. The third kappa shape index (κ3) is 2.30. The van der Waals surface area contributed by atoms with Gasteiger partial charge in [0.2, 0.25) is 0 Å². The van der Waals surface area contributed by atoms with Crippen molar-refractivity contribution in [2.24, 2.45) is 5.41 Å². The molecule has 1 aromatic rings. The van der Waals surface area contributed by atoms with Gasteiger partial charge in [0.05, 0.1) is 11.6 Å². The van der Waals surface area contributed by atoms with Crippen molar-refractivity contribution >= 4 is 12.1 Å². The minimum absolute atomic E-state index is 0.179. The van der Waals surface area contributed by atoms with Crippen molar-refractivity contribution in [1.29, 1.82) is 0 Å². The van der Waals surface area contributed by atoms with Gasteiger partial charge in [0, 0.05) is 5.41 Å². The first-order valence-corrected chi connectivity index (χ1v) is 5.67. The second-order valence-corrected chi connectivity index (χ2v) is 5.07. The average Bonchev–Trinajstić information content (AvgIpc) is 2.32. The van der Waals surface area contributed by atoms with Crippen LogP contribution in [0.1, 0.15) is 35.8 Å². The van der Waals surface area contributed by atoms with Crippen molar-refractivity contribution in [2.75, 3.05) is 6.61 Å². The van der Waals surface area contributed by atoms with Gasteiger partial charge in [-0.1, -0.05) is 26.0 Å². The topological polar surface area (TPSA) is 75.6 Å². The number of hydrogen-bond donors (Lipinski definition) is 2. The first-order chi connectivity index (χ1) is 8.40. The molecule has 2 rings (SSSR count). The van der Waals surface area contributed by atoms with Crippen LogP contribution in [0, 0.1) is 5.41 Å². The number of aromatic carboxylic acids is 1. The lowest BCUT2D eigenvalue weighted by atomic mass is 9.80. The van der Waals surface area contributed by atoms with Crippen LogP contribution >= 0.6 is 0 Å². The zero-order chi connectivity index (χ0) is 13.3. The Labute approximate surface area is 105 Å². The van der Waals surface area contributed by atoms with Crippen molar-refractivity contribution in [2.45, 2.75) is 19.9 Å². The number of carbonyl (C=O) groups is 2. The number of amides is 1. The van der Waals surface area contributed by atoms with Gasteiger partial charge in [-0.3, -0.25) is 0 Å². The Morgan fingerprint density at radius 3 is 2.56 bits per heavy atom. The molecule has 96 valence electrons. The van der Waals surface area contributed by atoms with E-state index >= 15 is 0 Å². The van der Waals surface area contributed by atoms with E-state index in [0.717, 1.165) is 5.56 Å². The normalized spacial score (nSPS) is 21.9. The van der Waals surface area contributed by atoms with Gasteiger partial charge in [0.25, 0.3) is 0 Å². The Kier molecular flexibility index (Phi) is 2.98. The van der Waals surface area contributed by atoms with Crippen molar-refractivity contribution in [1.82, 2.24) is 5.32 Å². The summed E-state index contributed by atoms with van der Waals surface area (Å²) in [6.45, 7) is 4.31. The lowest BCUT2D eigenvalue weighted by Crippen LogP contribution is -2.46. The zero-order valence-electron chi connectivity index (χ0n) is 10.3. The van der Waals surface area contributed by atoms with Crippen molar-refractivity contribution < 1.29 is 19.4 Å². The number of hydrogen-bond acceptors (Lipinski definition) is 3. The number of ether oxygens (including phenoxy) is 1. The van der Waals surface area contributed by atoms with E-state index in [1.165, 1.54) is 12.1 Å². The molecule has 0 saturated carbocycles. The molecule has 1 amide bonds. The van der Waals surface area contributed by atoms with E-state index < -0.39 is 12.1 Å². The van der Waals surface area contributed by atoms with Crippen LogP contribution in [0.4, 0.5) is 4.79 Å². The quantitative estimate of drug-likeness (QED) is 0.842. The molecule has 1 saturated heterocycles. The highest BCUT2D eigenvalue weighted by Gasteiger charge is 2.37. The number of carbonyl (C=O) groups excluding carboxylic acids is 1. The minimum atomic E-state index is -0.961. The lowest BCUT2D eigenvalue weighted by molar-refractivity contribution is 0.0387. The molecule has 1 aliphatic heterocycles. The van der Waals surface area contributed by atoms with E-state index in [9.17, 15) is 9.59 Å². The second kappa shape index (κ2) is 4.33. The van der Waals surface area contributed by atoms with Gasteiger partial charge >= 0.3 is 12.1 Å². The molecule has 5 nitrogen and oxygen atoms in total. The van der Waals surface area contributed by atoms with Gasteiger partial charge in [-0.15, -0.1) is 0 Å². The molecule has 0 unspecified atom stereocenters. The first kappa shape index (κ1) is 12.4. The standard InChI is InChI=1S/C13H15NO4/c1-13(2)7-18-12(17)14-10(13)8-3-5-9(6-4-8)11(15)16/h3-6,10H,7H2,1-2H3,(H,14,17)(H,15,16)/t10-/m1/s1. The molecular weight excluding hydrogens is 234 g/mol. The Balaban J connectivity index is 2.28. The molecule has 1 heterocycles. The number of nitrogens with one attached hydrogen (secondary N) is 1. The predicted octanol–water partition coefficient (Wildman–Crippen LogP) is 2.19. The maximum Gasteiger partial charge on any atom is 0.407 e. The molecule has 5 heteroatoms. The van der Waals surface area contributed by atoms with E-state index in [1.807, 2.05) is 13.8 Å². The number of cyclic esters (lactones) is 1. The molecule has 0 aliphatic carbocycles. The SMILES string of the molecule is CC1(C)COC(=O)N[C@@H]1c1ccc(C(=O)O)cc1. The molecular formula is C13H15NO4. The van der Waals surface area contributed by atoms with Gasteiger partial charge < -0.3 is 15.2 Å². The molecule has 0 radical (unpaired) electrons. The summed E-state index contributed by atoms with van der Waals surface area (Å²) in [6, 6.07) is 6.34. The van der Waals surface area contributed by atoms with Gasteiger partial charge in [0.1, 0.15) is 6.61 Å². The van der Waals surface area contributed by atoms with Crippen LogP contribution in [0.5, 0.6) is 0 Å². The minimum Gasteiger partial charge on any atom is -0.478 e. The zero-order valence-corrected chi connectivity index (χ0v) is 10.3. The van der Waals surface area contributed by atoms with Crippen LogP contribution in [0.25, 0.3) is 0 Å². The van der Waals surface area contributed by atoms with E-state index in [1.54, 1.807) is 12.1 Å². The van der Waals surface area contributed by atoms with Crippen LogP contribution in [0.3, 0.4) is 0 Å². The molecule has 1 atom stereocenters. The van der Waals surface area contributed by atoms with Crippen molar-refractivity contribution in [3.8, 4) is 0 Å². The van der Waals surface area contributed by atoms with Crippen LogP contribution in [0.2, 0.25) is 0 Å². The summed E-state index contributed by atoms with van der Waals surface area (Å²) < 4.78 is 4.96. The third-order valence-corrected chi connectivity index (χ3v) is 3.11. The molecule has 0 aromatic heterocycles. The molecule has 1 aromatic carbocycles. The highest BCUT2D eigenvalue weighted by Crippen LogP contribution is 2.36. The van der Waals surface area contributed by atoms with Crippen molar-refractivity contribution in [3.05, 3.63) is 35.4 Å². The summed E-state index contributed by atoms with van der Waals surface area (Å²) in [6.07, 6.45) is -0.443. The molecule has 2 N–H and O–H groups in total. The highest BCUT2D eigenvalue weighted by molar-refractivity contribution is 5.87. The molecule has 0 spiro atoms. The summed E-state index contributed by atoms with van der Waals surface area (Å²) in [5.41, 5.74) is 0.871. The molecule has 1 fully saturated rings. The predicted molar refractivity (Wildman–Crippen MR) is 64.4 cm³/mol. The van der Waals surface area contributed by atoms with Gasteiger partial charge in [-0.2, -0.15) is 0 Å². The summed E-state index contributed by atoms with van der Waals surface area (Å²) in [5.74, 6) is -0.961. The number of rotatable bonds is 2. The fourth-order valence-corrected chi connectivity index (χ4v) is 2.04. The van der Waals surface area contributed by atoms with E-state index in [4.69, 9.17) is 9.84 Å². The number of alkyl carbamates (subject to hydrolysis) is 1. The number of carboxylic acids is 1. The summed E-state index contributed by atoms with van der Waals surface area (Å²) in [7, 11) is 0. The Morgan fingerprint density at radius 1 is 1.39 bits per heavy atom. The first-order valence-electron chi connectivity index (χ1n) is 5.67. The third-order valence-electron chi connectivity index (χ3n) is 3.11. The maximum atomic E-state index is 11.3. The molecule has 18 heavy (non-hydrogen) atoms. The maximum absolute atomic E-state index is 11.3. The number of carboxylic acid groups (broad SMARTS) is 1. The Bertz CT molecular complexity index is 478. The average molecular weight is 249 g/mol. The van der Waals surface area contributed by atoms with E-state index in [0.29, 0.717) is 6.61 Å². The fraction of sp³-hybridized carbons (Fsp3) is 0.385. The Morgan fingerprint density at radius 2 is 2.00 bits per heavy atom. The van der Waals surface area contributed by atoms with E-state index in [-0.39, 0.29) is 17.0 Å². The second-order valence-electron chi connectivity index (χ2n) is 5.07. The van der Waals surface area contributed by atoms with E-state index in [2.05, 4.69) is 5.32 Å². The van der Waals surface area contributed by atoms with Crippen molar-refractivity contribution in [3.63, 3.8) is 0 Å². The monoisotopic (exact) mass is 249 g/mol. The smallest absolute Gasteiger partial charge is 0.407 e. The van der Waals surface area contributed by atoms with Crippen LogP contribution in [-0.2, 0) is 4.74 Å². The summed E-state index contributed by atoms with van der Waals surface area (Å²) in [4.78, 5) is 22.1. The van der Waals surface area contributed by atoms with Crippen LogP contribution in [-0.4, -0.2) is 23.8 Å². The number of benzene rings is 1.